The number of nitrogens with one attached hydrogen (secondary N) is 1. The van der Waals surface area contributed by atoms with E-state index >= 15 is 0 Å². The van der Waals surface area contributed by atoms with E-state index in [0.717, 1.165) is 12.1 Å². The van der Waals surface area contributed by atoms with E-state index < -0.39 is 23.6 Å². The molecule has 14 heteroatoms. The van der Waals surface area contributed by atoms with Gasteiger partial charge in [0.15, 0.2) is 11.6 Å². The highest BCUT2D eigenvalue weighted by Crippen LogP contribution is 2.43. The first-order chi connectivity index (χ1) is 19.5. The van der Waals surface area contributed by atoms with E-state index in [4.69, 9.17) is 25.8 Å². The van der Waals surface area contributed by atoms with Crippen molar-refractivity contribution in [3.8, 4) is 17.1 Å². The van der Waals surface area contributed by atoms with Crippen LogP contribution >= 0.6 is 11.6 Å². The second kappa shape index (κ2) is 10.3. The van der Waals surface area contributed by atoms with Crippen LogP contribution in [0.1, 0.15) is 25.8 Å². The zero-order valence-corrected chi connectivity index (χ0v) is 22.9. The Kier molecular flexibility index (Phi) is 6.91. The number of amides is 2. The average molecular weight is 591 g/mol. The van der Waals surface area contributed by atoms with Crippen molar-refractivity contribution in [2.75, 3.05) is 41.4 Å². The fraction of sp³-hybridized carbons (Fsp3) is 0.407. The third kappa shape index (κ3) is 5.61. The van der Waals surface area contributed by atoms with Crippen LogP contribution in [0.15, 0.2) is 42.7 Å². The molecule has 3 aliphatic rings. The number of carbonyl (C=O) groups excluding carboxylic acids is 1. The molecule has 2 atom stereocenters. The highest BCUT2D eigenvalue weighted by Gasteiger charge is 2.41. The van der Waals surface area contributed by atoms with E-state index in [-0.39, 0.29) is 46.7 Å². The highest BCUT2D eigenvalue weighted by molar-refractivity contribution is 6.33. The molecule has 41 heavy (non-hydrogen) atoms. The standard InChI is InChI=1S/C27H26ClF3N6O4/c1-26(2)40-13-18(41-26)12-39-22-10-21(32-14-33-22)34-25(38)37-17-6-7-36(11-17)20-9-19(28)23(35-24(20)37)15-4-3-5-16(8-15)27(29,30)31/h3-5,8-10,14,17-18H,6-7,11-13H2,1-2H3,(H,32,33,34,38)/t17-,18?/m0/s1. The topological polar surface area (TPSA) is 102 Å². The van der Waals surface area contributed by atoms with Crippen LogP contribution in [0, 0.1) is 0 Å². The van der Waals surface area contributed by atoms with Gasteiger partial charge in [0.2, 0.25) is 5.88 Å². The van der Waals surface area contributed by atoms with Gasteiger partial charge < -0.3 is 19.1 Å². The predicted molar refractivity (Wildman–Crippen MR) is 144 cm³/mol. The van der Waals surface area contributed by atoms with E-state index in [2.05, 4.69) is 25.2 Å². The molecule has 3 aromatic rings. The van der Waals surface area contributed by atoms with Crippen molar-refractivity contribution in [1.29, 1.82) is 0 Å². The first-order valence-corrected chi connectivity index (χ1v) is 13.3. The first kappa shape index (κ1) is 27.5. The van der Waals surface area contributed by atoms with Crippen LogP contribution in [-0.4, -0.2) is 65.2 Å². The van der Waals surface area contributed by atoms with Crippen LogP contribution in [-0.2, 0) is 15.7 Å². The van der Waals surface area contributed by atoms with Crippen molar-refractivity contribution in [2.24, 2.45) is 0 Å². The van der Waals surface area contributed by atoms with E-state index in [9.17, 15) is 18.0 Å². The second-order valence-electron chi connectivity index (χ2n) is 10.4. The summed E-state index contributed by atoms with van der Waals surface area (Å²) in [6, 6.07) is 7.22. The van der Waals surface area contributed by atoms with Gasteiger partial charge >= 0.3 is 12.2 Å². The molecule has 10 nitrogen and oxygen atoms in total. The van der Waals surface area contributed by atoms with E-state index in [1.165, 1.54) is 29.4 Å². The molecule has 216 valence electrons. The van der Waals surface area contributed by atoms with Gasteiger partial charge in [0.1, 0.15) is 24.9 Å². The van der Waals surface area contributed by atoms with Crippen LogP contribution in [0.4, 0.5) is 35.3 Å². The van der Waals surface area contributed by atoms with E-state index in [1.54, 1.807) is 6.07 Å². The van der Waals surface area contributed by atoms with Gasteiger partial charge in [-0.2, -0.15) is 13.2 Å². The van der Waals surface area contributed by atoms with Crippen LogP contribution in [0.5, 0.6) is 5.88 Å². The summed E-state index contributed by atoms with van der Waals surface area (Å²) in [7, 11) is 0. The van der Waals surface area contributed by atoms with Crippen molar-refractivity contribution in [3.05, 3.63) is 53.3 Å². The maximum atomic E-state index is 13.6. The van der Waals surface area contributed by atoms with Gasteiger partial charge in [0, 0.05) is 24.7 Å². The molecule has 0 saturated carbocycles. The summed E-state index contributed by atoms with van der Waals surface area (Å²) in [5, 5.41) is 2.97. The minimum Gasteiger partial charge on any atom is -0.475 e. The third-order valence-corrected chi connectivity index (χ3v) is 7.37. The van der Waals surface area contributed by atoms with Gasteiger partial charge in [-0.05, 0) is 38.5 Å². The Bertz CT molecular complexity index is 1490. The Balaban J connectivity index is 1.25. The third-order valence-electron chi connectivity index (χ3n) is 7.08. The van der Waals surface area contributed by atoms with Crippen molar-refractivity contribution in [2.45, 2.75) is 44.4 Å². The molecular formula is C27H26ClF3N6O4. The molecule has 1 unspecified atom stereocenters. The van der Waals surface area contributed by atoms with Gasteiger partial charge in [0.05, 0.1) is 34.6 Å². The molecule has 1 N–H and O–H groups in total. The lowest BCUT2D eigenvalue weighted by atomic mass is 10.1. The predicted octanol–water partition coefficient (Wildman–Crippen LogP) is 5.37. The molecule has 0 aliphatic carbocycles. The Hall–Kier alpha value is -3.68. The molecule has 2 fully saturated rings. The number of anilines is 3. The monoisotopic (exact) mass is 590 g/mol. The minimum atomic E-state index is -4.53. The SMILES string of the molecule is CC1(C)OCC(COc2cc(NC(=O)N3c4nc(-c5cccc(C(F)(F)F)c5)c(Cl)cc4N4CC[C@H]3C4)ncn2)O1. The lowest BCUT2D eigenvalue weighted by Gasteiger charge is -2.36. The van der Waals surface area contributed by atoms with Crippen LogP contribution in [0.3, 0.4) is 0 Å². The summed E-state index contributed by atoms with van der Waals surface area (Å²) in [4.78, 5) is 30.1. The van der Waals surface area contributed by atoms with E-state index in [0.29, 0.717) is 37.6 Å². The van der Waals surface area contributed by atoms with E-state index in [1.807, 2.05) is 13.8 Å². The van der Waals surface area contributed by atoms with Gasteiger partial charge in [0.25, 0.3) is 0 Å². The normalized spacial score (nSPS) is 21.1. The average Bonchev–Trinajstić information content (AvgIpc) is 3.50. The van der Waals surface area contributed by atoms with Crippen LogP contribution in [0.25, 0.3) is 11.3 Å². The molecule has 2 bridgehead atoms. The number of urea groups is 1. The number of hydrogen-bond acceptors (Lipinski definition) is 8. The smallest absolute Gasteiger partial charge is 0.416 e. The molecule has 3 aliphatic heterocycles. The Morgan fingerprint density at radius 2 is 2.07 bits per heavy atom. The van der Waals surface area contributed by atoms with Crippen molar-refractivity contribution < 1.29 is 32.2 Å². The molecule has 1 aromatic carbocycles. The molecular weight excluding hydrogens is 565 g/mol. The maximum absolute atomic E-state index is 13.6. The fourth-order valence-electron chi connectivity index (χ4n) is 5.21. The zero-order chi connectivity index (χ0) is 28.9. The number of halogens is 4. The molecule has 5 heterocycles. The zero-order valence-electron chi connectivity index (χ0n) is 22.1. The van der Waals surface area contributed by atoms with Crippen LogP contribution in [0.2, 0.25) is 5.02 Å². The summed E-state index contributed by atoms with van der Waals surface area (Å²) in [5.41, 5.74) is 0.152. The fourth-order valence-corrected chi connectivity index (χ4v) is 5.47. The molecule has 0 spiro atoms. The number of aromatic nitrogens is 3. The summed E-state index contributed by atoms with van der Waals surface area (Å²) in [5.74, 6) is 0.0718. The first-order valence-electron chi connectivity index (χ1n) is 13.0. The Labute approximate surface area is 238 Å². The van der Waals surface area contributed by atoms with Crippen LogP contribution < -0.4 is 19.9 Å². The van der Waals surface area contributed by atoms with Gasteiger partial charge in [-0.1, -0.05) is 23.7 Å². The number of pyridine rings is 1. The van der Waals surface area contributed by atoms with Crippen molar-refractivity contribution in [3.63, 3.8) is 0 Å². The van der Waals surface area contributed by atoms with Crippen molar-refractivity contribution >= 4 is 35.0 Å². The summed E-state index contributed by atoms with van der Waals surface area (Å²) in [6.45, 7) is 5.47. The van der Waals surface area contributed by atoms with Crippen molar-refractivity contribution in [1.82, 2.24) is 15.0 Å². The molecule has 0 radical (unpaired) electrons. The number of hydrogen-bond donors (Lipinski definition) is 1. The maximum Gasteiger partial charge on any atom is 0.416 e. The summed E-state index contributed by atoms with van der Waals surface area (Å²) < 4.78 is 57.1. The molecule has 2 aromatic heterocycles. The van der Waals surface area contributed by atoms with Gasteiger partial charge in [-0.15, -0.1) is 0 Å². The lowest BCUT2D eigenvalue weighted by molar-refractivity contribution is -0.141. The lowest BCUT2D eigenvalue weighted by Crippen LogP contribution is -2.48. The number of fused-ring (bicyclic) bond motifs is 4. The molecule has 6 rings (SSSR count). The molecule has 2 saturated heterocycles. The number of alkyl halides is 3. The Morgan fingerprint density at radius 3 is 2.83 bits per heavy atom. The Morgan fingerprint density at radius 1 is 1.24 bits per heavy atom. The number of carbonyl (C=O) groups is 1. The quantitative estimate of drug-likeness (QED) is 0.423. The number of nitrogens with zero attached hydrogens (tertiary/aromatic N) is 5. The van der Waals surface area contributed by atoms with Gasteiger partial charge in [-0.25, -0.2) is 19.7 Å². The summed E-state index contributed by atoms with van der Waals surface area (Å²) in [6.07, 6.45) is -2.84. The number of rotatable bonds is 5. The number of benzene rings is 1. The van der Waals surface area contributed by atoms with Gasteiger partial charge in [-0.3, -0.25) is 10.2 Å². The highest BCUT2D eigenvalue weighted by atomic mass is 35.5. The second-order valence-corrected chi connectivity index (χ2v) is 10.8. The minimum absolute atomic E-state index is 0.149. The summed E-state index contributed by atoms with van der Waals surface area (Å²) >= 11 is 6.53. The molecule has 2 amide bonds. The largest absolute Gasteiger partial charge is 0.475 e. The number of ether oxygens (including phenoxy) is 3.